The van der Waals surface area contributed by atoms with Gasteiger partial charge in [-0.15, -0.1) is 0 Å². The van der Waals surface area contributed by atoms with Crippen LogP contribution in [0, 0.1) is 0 Å². The van der Waals surface area contributed by atoms with Crippen molar-refractivity contribution in [1.82, 2.24) is 4.98 Å². The van der Waals surface area contributed by atoms with Crippen LogP contribution in [0.25, 0.3) is 17.5 Å². The number of aromatic nitrogens is 1. The maximum atomic E-state index is 14.5. The first-order chi connectivity index (χ1) is 10.8. The minimum absolute atomic E-state index is 0.472. The summed E-state index contributed by atoms with van der Waals surface area (Å²) >= 11 is 0. The van der Waals surface area contributed by atoms with E-state index in [1.165, 1.54) is 6.08 Å². The Hall–Kier alpha value is -1.92. The Bertz CT molecular complexity index is 709. The summed E-state index contributed by atoms with van der Waals surface area (Å²) in [5.74, 6) is 0.635. The van der Waals surface area contributed by atoms with Gasteiger partial charge in [-0.05, 0) is 63.6 Å². The van der Waals surface area contributed by atoms with Gasteiger partial charge in [0.15, 0.2) is 5.76 Å². The first kappa shape index (κ1) is 16.0. The van der Waals surface area contributed by atoms with Gasteiger partial charge in [-0.2, -0.15) is 0 Å². The quantitative estimate of drug-likeness (QED) is 0.793. The van der Waals surface area contributed by atoms with Gasteiger partial charge in [-0.25, -0.2) is 4.39 Å². The van der Waals surface area contributed by atoms with Crippen molar-refractivity contribution in [2.75, 3.05) is 0 Å². The zero-order chi connectivity index (χ0) is 16.7. The first-order valence-corrected chi connectivity index (χ1v) is 7.51. The molecule has 0 N–H and O–H groups in total. The summed E-state index contributed by atoms with van der Waals surface area (Å²) in [6.45, 7) is 7.56. The van der Waals surface area contributed by atoms with Crippen LogP contribution >= 0.6 is 0 Å². The molecule has 0 unspecified atom stereocenters. The topological polar surface area (TPSA) is 44.5 Å². The SMILES string of the molecule is CC1(C)OB(C(F)=Cc2ccnc(-c3ccco3)c2)OC1(C)C. The average Bonchev–Trinajstić information content (AvgIpc) is 3.06. The lowest BCUT2D eigenvalue weighted by Gasteiger charge is -2.32. The molecule has 120 valence electrons. The highest BCUT2D eigenvalue weighted by molar-refractivity contribution is 6.54. The van der Waals surface area contributed by atoms with Crippen molar-refractivity contribution in [2.45, 2.75) is 38.9 Å². The first-order valence-electron chi connectivity index (χ1n) is 7.51. The van der Waals surface area contributed by atoms with Crippen molar-refractivity contribution in [3.05, 3.63) is 48.0 Å². The summed E-state index contributed by atoms with van der Waals surface area (Å²) in [5, 5.41) is 0. The highest BCUT2D eigenvalue weighted by Gasteiger charge is 2.53. The van der Waals surface area contributed by atoms with Crippen molar-refractivity contribution in [3.8, 4) is 11.5 Å². The van der Waals surface area contributed by atoms with Gasteiger partial charge >= 0.3 is 7.12 Å². The molecular weight excluding hydrogens is 296 g/mol. The second kappa shape index (κ2) is 5.62. The molecule has 4 nitrogen and oxygen atoms in total. The summed E-state index contributed by atoms with van der Waals surface area (Å²) in [7, 11) is -1.000. The lowest BCUT2D eigenvalue weighted by molar-refractivity contribution is 0.00578. The molecule has 1 saturated heterocycles. The van der Waals surface area contributed by atoms with Crippen molar-refractivity contribution in [2.24, 2.45) is 0 Å². The molecule has 1 fully saturated rings. The predicted molar refractivity (Wildman–Crippen MR) is 87.1 cm³/mol. The monoisotopic (exact) mass is 315 g/mol. The molecule has 0 amide bonds. The number of pyridine rings is 1. The van der Waals surface area contributed by atoms with Crippen LogP contribution in [0.5, 0.6) is 0 Å². The fourth-order valence-corrected chi connectivity index (χ4v) is 2.28. The highest BCUT2D eigenvalue weighted by atomic mass is 19.1. The number of hydrogen-bond acceptors (Lipinski definition) is 4. The van der Waals surface area contributed by atoms with Crippen molar-refractivity contribution in [3.63, 3.8) is 0 Å². The van der Waals surface area contributed by atoms with E-state index in [1.807, 2.05) is 27.7 Å². The average molecular weight is 315 g/mol. The molecule has 2 aromatic heterocycles. The zero-order valence-corrected chi connectivity index (χ0v) is 13.7. The van der Waals surface area contributed by atoms with E-state index in [1.54, 1.807) is 36.7 Å². The lowest BCUT2D eigenvalue weighted by atomic mass is 9.87. The Morgan fingerprint density at radius 2 is 1.87 bits per heavy atom. The van der Waals surface area contributed by atoms with Crippen LogP contribution < -0.4 is 0 Å². The Balaban J connectivity index is 1.84. The van der Waals surface area contributed by atoms with Crippen LogP contribution in [0.2, 0.25) is 0 Å². The molecular formula is C17H19BFNO3. The summed E-state index contributed by atoms with van der Waals surface area (Å²) in [6, 6.07) is 7.06. The van der Waals surface area contributed by atoms with E-state index in [2.05, 4.69) is 4.98 Å². The second-order valence-corrected chi connectivity index (χ2v) is 6.57. The molecule has 0 saturated carbocycles. The van der Waals surface area contributed by atoms with E-state index < -0.39 is 24.0 Å². The Kier molecular flexibility index (Phi) is 3.90. The summed E-state index contributed by atoms with van der Waals surface area (Å²) < 4.78 is 31.2. The Morgan fingerprint density at radius 3 is 2.48 bits per heavy atom. The zero-order valence-electron chi connectivity index (χ0n) is 13.7. The van der Waals surface area contributed by atoms with Crippen LogP contribution in [0.4, 0.5) is 4.39 Å². The normalized spacial score (nSPS) is 20.0. The molecule has 23 heavy (non-hydrogen) atoms. The summed E-state index contributed by atoms with van der Waals surface area (Å²) in [4.78, 5) is 4.22. The van der Waals surface area contributed by atoms with Crippen molar-refractivity contribution < 1.29 is 18.1 Å². The summed E-state index contributed by atoms with van der Waals surface area (Å²) in [6.07, 6.45) is 4.59. The van der Waals surface area contributed by atoms with Gasteiger partial charge in [0, 0.05) is 6.20 Å². The van der Waals surface area contributed by atoms with Gasteiger partial charge in [0.25, 0.3) is 0 Å². The largest absolute Gasteiger partial charge is 0.525 e. The van der Waals surface area contributed by atoms with E-state index in [0.29, 0.717) is 17.0 Å². The molecule has 0 bridgehead atoms. The Labute approximate surface area is 135 Å². The van der Waals surface area contributed by atoms with Crippen LogP contribution in [-0.2, 0) is 9.31 Å². The van der Waals surface area contributed by atoms with Gasteiger partial charge in [-0.1, -0.05) is 0 Å². The molecule has 2 aromatic rings. The number of hydrogen-bond donors (Lipinski definition) is 0. The van der Waals surface area contributed by atoms with Crippen LogP contribution in [0.15, 0.2) is 46.9 Å². The van der Waals surface area contributed by atoms with Crippen molar-refractivity contribution >= 4 is 13.2 Å². The number of furan rings is 1. The fourth-order valence-electron chi connectivity index (χ4n) is 2.28. The molecule has 0 aliphatic carbocycles. The molecule has 1 aliphatic rings. The van der Waals surface area contributed by atoms with E-state index in [4.69, 9.17) is 13.7 Å². The molecule has 0 radical (unpaired) electrons. The van der Waals surface area contributed by atoms with Crippen molar-refractivity contribution in [1.29, 1.82) is 0 Å². The molecule has 3 heterocycles. The Morgan fingerprint density at radius 1 is 1.17 bits per heavy atom. The molecule has 0 atom stereocenters. The minimum Gasteiger partial charge on any atom is -0.463 e. The molecule has 6 heteroatoms. The van der Waals surface area contributed by atoms with Gasteiger partial charge in [0.05, 0.1) is 17.5 Å². The fraction of sp³-hybridized carbons (Fsp3) is 0.353. The smallest absolute Gasteiger partial charge is 0.463 e. The number of nitrogens with zero attached hydrogens (tertiary/aromatic N) is 1. The van der Waals surface area contributed by atoms with Crippen LogP contribution in [-0.4, -0.2) is 23.3 Å². The van der Waals surface area contributed by atoms with E-state index >= 15 is 0 Å². The van der Waals surface area contributed by atoms with Crippen LogP contribution in [0.1, 0.15) is 33.3 Å². The minimum atomic E-state index is -1.000. The van der Waals surface area contributed by atoms with E-state index in [9.17, 15) is 4.39 Å². The van der Waals surface area contributed by atoms with Crippen LogP contribution in [0.3, 0.4) is 0 Å². The maximum Gasteiger partial charge on any atom is 0.525 e. The number of halogens is 1. The third kappa shape index (κ3) is 3.09. The molecule has 0 aromatic carbocycles. The third-order valence-corrected chi connectivity index (χ3v) is 4.34. The van der Waals surface area contributed by atoms with Gasteiger partial charge in [0.2, 0.25) is 0 Å². The number of rotatable bonds is 3. The van der Waals surface area contributed by atoms with E-state index in [0.717, 1.165) is 0 Å². The lowest BCUT2D eigenvalue weighted by Crippen LogP contribution is -2.41. The standard InChI is InChI=1S/C17H19BFNO3/c1-16(2)17(3,4)23-18(22-16)15(19)11-12-7-8-20-13(10-12)14-6-5-9-21-14/h5-11H,1-4H3. The summed E-state index contributed by atoms with van der Waals surface area (Å²) in [5.41, 5.74) is -0.301. The maximum absolute atomic E-state index is 14.5. The highest BCUT2D eigenvalue weighted by Crippen LogP contribution is 2.39. The third-order valence-electron chi connectivity index (χ3n) is 4.34. The van der Waals surface area contributed by atoms with Gasteiger partial charge in [0.1, 0.15) is 11.4 Å². The predicted octanol–water partition coefficient (Wildman–Crippen LogP) is 4.28. The molecule has 1 aliphatic heterocycles. The second-order valence-electron chi connectivity index (χ2n) is 6.57. The van der Waals surface area contributed by atoms with Gasteiger partial charge in [-0.3, -0.25) is 4.98 Å². The molecule has 0 spiro atoms. The molecule has 3 rings (SSSR count). The van der Waals surface area contributed by atoms with Gasteiger partial charge < -0.3 is 13.7 Å². The van der Waals surface area contributed by atoms with E-state index in [-0.39, 0.29) is 0 Å².